The van der Waals surface area contributed by atoms with Gasteiger partial charge in [0.25, 0.3) is 5.91 Å². The number of carbonyl (C=O) groups excluding carboxylic acids is 1. The molecule has 2 aromatic heterocycles. The van der Waals surface area contributed by atoms with E-state index < -0.39 is 0 Å². The summed E-state index contributed by atoms with van der Waals surface area (Å²) in [6.45, 7) is 0.433. The highest BCUT2D eigenvalue weighted by Gasteiger charge is 2.15. The van der Waals surface area contributed by atoms with Crippen LogP contribution < -0.4 is 0 Å². The molecular weight excluding hydrogens is 308 g/mol. The van der Waals surface area contributed by atoms with Gasteiger partial charge in [-0.15, -0.1) is 11.3 Å². The molecule has 3 rings (SSSR count). The molecule has 1 amide bonds. The van der Waals surface area contributed by atoms with E-state index >= 15 is 0 Å². The third-order valence-corrected chi connectivity index (χ3v) is 4.11. The van der Waals surface area contributed by atoms with Crippen LogP contribution in [0.1, 0.15) is 15.5 Å². The molecule has 0 atom stereocenters. The largest absolute Gasteiger partial charge is 0.334 e. The van der Waals surface area contributed by atoms with Crippen molar-refractivity contribution in [3.8, 4) is 0 Å². The van der Waals surface area contributed by atoms with Crippen LogP contribution >= 0.6 is 22.9 Å². The standard InChI is InChI=1S/C14H11ClN4OS/c1-19(14(20)10-6-17-12(15)7-16-10)8-13-18-9-4-2-3-5-11(9)21-13/h2-7H,8H2,1H3. The number of para-hydroxylation sites is 1. The van der Waals surface area contributed by atoms with E-state index in [1.807, 2.05) is 24.3 Å². The molecule has 0 aliphatic carbocycles. The number of nitrogens with zero attached hydrogens (tertiary/aromatic N) is 4. The number of fused-ring (bicyclic) bond motifs is 1. The predicted octanol–water partition coefficient (Wildman–Crippen LogP) is 3.01. The fourth-order valence-electron chi connectivity index (χ4n) is 1.88. The van der Waals surface area contributed by atoms with Crippen molar-refractivity contribution in [1.29, 1.82) is 0 Å². The van der Waals surface area contributed by atoms with E-state index in [-0.39, 0.29) is 16.8 Å². The molecule has 106 valence electrons. The number of hydrogen-bond donors (Lipinski definition) is 0. The SMILES string of the molecule is CN(Cc1nc2ccccc2s1)C(=O)c1cnc(Cl)cn1. The van der Waals surface area contributed by atoms with Crippen LogP contribution in [0.5, 0.6) is 0 Å². The van der Waals surface area contributed by atoms with Crippen molar-refractivity contribution in [3.05, 3.63) is 52.5 Å². The first-order valence-corrected chi connectivity index (χ1v) is 7.40. The number of rotatable bonds is 3. The van der Waals surface area contributed by atoms with Crippen molar-refractivity contribution in [3.63, 3.8) is 0 Å². The van der Waals surface area contributed by atoms with Gasteiger partial charge in [0.15, 0.2) is 0 Å². The van der Waals surface area contributed by atoms with Gasteiger partial charge in [-0.1, -0.05) is 23.7 Å². The summed E-state index contributed by atoms with van der Waals surface area (Å²) in [6, 6.07) is 7.90. The topological polar surface area (TPSA) is 59.0 Å². The molecule has 0 unspecified atom stereocenters. The first kappa shape index (κ1) is 13.9. The Kier molecular flexibility index (Phi) is 3.81. The third kappa shape index (κ3) is 3.01. The Balaban J connectivity index is 1.77. The van der Waals surface area contributed by atoms with Crippen LogP contribution in [0, 0.1) is 0 Å². The van der Waals surface area contributed by atoms with Crippen molar-refractivity contribution in [1.82, 2.24) is 19.9 Å². The average molecular weight is 319 g/mol. The zero-order valence-electron chi connectivity index (χ0n) is 11.2. The fourth-order valence-corrected chi connectivity index (χ4v) is 3.00. The molecule has 5 nitrogen and oxygen atoms in total. The van der Waals surface area contributed by atoms with Gasteiger partial charge in [0, 0.05) is 7.05 Å². The second kappa shape index (κ2) is 5.75. The number of benzene rings is 1. The Bertz CT molecular complexity index is 754. The molecule has 0 aliphatic heterocycles. The van der Waals surface area contributed by atoms with Gasteiger partial charge in [0.1, 0.15) is 15.9 Å². The maximum absolute atomic E-state index is 12.2. The van der Waals surface area contributed by atoms with Gasteiger partial charge in [-0.05, 0) is 12.1 Å². The van der Waals surface area contributed by atoms with Crippen LogP contribution in [-0.4, -0.2) is 32.8 Å². The Morgan fingerprint density at radius 3 is 2.81 bits per heavy atom. The number of carbonyl (C=O) groups is 1. The van der Waals surface area contributed by atoms with Crippen LogP contribution in [0.25, 0.3) is 10.2 Å². The highest BCUT2D eigenvalue weighted by Crippen LogP contribution is 2.22. The van der Waals surface area contributed by atoms with Crippen LogP contribution in [0.15, 0.2) is 36.7 Å². The third-order valence-electron chi connectivity index (χ3n) is 2.90. The van der Waals surface area contributed by atoms with Gasteiger partial charge in [-0.2, -0.15) is 0 Å². The molecule has 0 spiro atoms. The minimum Gasteiger partial charge on any atom is -0.334 e. The summed E-state index contributed by atoms with van der Waals surface area (Å²) in [7, 11) is 1.71. The van der Waals surface area contributed by atoms with Gasteiger partial charge in [0.05, 0.1) is 29.2 Å². The lowest BCUT2D eigenvalue weighted by Gasteiger charge is -2.14. The average Bonchev–Trinajstić information content (AvgIpc) is 2.89. The lowest BCUT2D eigenvalue weighted by atomic mass is 10.3. The monoisotopic (exact) mass is 318 g/mol. The molecule has 0 aliphatic rings. The van der Waals surface area contributed by atoms with Crippen molar-refractivity contribution < 1.29 is 4.79 Å². The first-order valence-electron chi connectivity index (χ1n) is 6.21. The number of hydrogen-bond acceptors (Lipinski definition) is 5. The van der Waals surface area contributed by atoms with Gasteiger partial charge in [0.2, 0.25) is 0 Å². The molecule has 0 bridgehead atoms. The summed E-state index contributed by atoms with van der Waals surface area (Å²) in [4.78, 5) is 26.2. The molecule has 7 heteroatoms. The minimum absolute atomic E-state index is 0.210. The molecule has 0 saturated heterocycles. The normalized spacial score (nSPS) is 10.8. The molecule has 2 heterocycles. The van der Waals surface area contributed by atoms with Crippen LogP contribution in [0.3, 0.4) is 0 Å². The number of thiazole rings is 1. The van der Waals surface area contributed by atoms with E-state index in [1.165, 1.54) is 12.4 Å². The molecule has 1 aromatic carbocycles. The van der Waals surface area contributed by atoms with Gasteiger partial charge >= 0.3 is 0 Å². The summed E-state index contributed by atoms with van der Waals surface area (Å²) in [5.41, 5.74) is 1.22. The molecular formula is C14H11ClN4OS. The van der Waals surface area contributed by atoms with E-state index in [0.717, 1.165) is 15.2 Å². The fraction of sp³-hybridized carbons (Fsp3) is 0.143. The summed E-state index contributed by atoms with van der Waals surface area (Å²) in [5.74, 6) is -0.210. The number of aromatic nitrogens is 3. The van der Waals surface area contributed by atoms with Crippen molar-refractivity contribution in [2.75, 3.05) is 7.05 Å². The quantitative estimate of drug-likeness (QED) is 0.745. The Morgan fingerprint density at radius 1 is 1.29 bits per heavy atom. The highest BCUT2D eigenvalue weighted by atomic mass is 35.5. The zero-order valence-corrected chi connectivity index (χ0v) is 12.7. The molecule has 0 fully saturated rings. The van der Waals surface area contributed by atoms with Gasteiger partial charge in [-0.25, -0.2) is 15.0 Å². The van der Waals surface area contributed by atoms with Gasteiger partial charge in [-0.3, -0.25) is 4.79 Å². The first-order chi connectivity index (χ1) is 10.1. The second-order valence-corrected chi connectivity index (χ2v) is 5.96. The zero-order chi connectivity index (χ0) is 14.8. The Labute approximate surface area is 130 Å². The molecule has 0 N–H and O–H groups in total. The highest BCUT2D eigenvalue weighted by molar-refractivity contribution is 7.18. The summed E-state index contributed by atoms with van der Waals surface area (Å²) >= 11 is 7.24. The van der Waals surface area contributed by atoms with E-state index in [9.17, 15) is 4.79 Å². The smallest absolute Gasteiger partial charge is 0.274 e. The minimum atomic E-state index is -0.210. The number of amides is 1. The Hall–Kier alpha value is -2.05. The number of halogens is 1. The van der Waals surface area contributed by atoms with Crippen LogP contribution in [0.4, 0.5) is 0 Å². The Morgan fingerprint density at radius 2 is 2.10 bits per heavy atom. The van der Waals surface area contributed by atoms with Crippen LogP contribution in [-0.2, 0) is 6.54 Å². The summed E-state index contributed by atoms with van der Waals surface area (Å²) in [6.07, 6.45) is 2.74. The molecule has 3 aromatic rings. The van der Waals surface area contributed by atoms with E-state index in [0.29, 0.717) is 6.54 Å². The summed E-state index contributed by atoms with van der Waals surface area (Å²) < 4.78 is 1.11. The van der Waals surface area contributed by atoms with E-state index in [1.54, 1.807) is 23.3 Å². The maximum Gasteiger partial charge on any atom is 0.274 e. The van der Waals surface area contributed by atoms with Crippen molar-refractivity contribution >= 4 is 39.1 Å². The predicted molar refractivity (Wildman–Crippen MR) is 82.5 cm³/mol. The van der Waals surface area contributed by atoms with Gasteiger partial charge < -0.3 is 4.90 Å². The summed E-state index contributed by atoms with van der Waals surface area (Å²) in [5, 5.41) is 1.15. The van der Waals surface area contributed by atoms with E-state index in [2.05, 4.69) is 15.0 Å². The molecule has 21 heavy (non-hydrogen) atoms. The molecule has 0 saturated carbocycles. The lowest BCUT2D eigenvalue weighted by Crippen LogP contribution is -2.27. The second-order valence-electron chi connectivity index (χ2n) is 4.46. The van der Waals surface area contributed by atoms with Crippen molar-refractivity contribution in [2.45, 2.75) is 6.54 Å². The molecule has 0 radical (unpaired) electrons. The van der Waals surface area contributed by atoms with E-state index in [4.69, 9.17) is 11.6 Å². The maximum atomic E-state index is 12.2. The van der Waals surface area contributed by atoms with Crippen LogP contribution in [0.2, 0.25) is 5.15 Å². The van der Waals surface area contributed by atoms with Crippen molar-refractivity contribution in [2.24, 2.45) is 0 Å². The lowest BCUT2D eigenvalue weighted by molar-refractivity contribution is 0.0779.